The third-order valence-corrected chi connectivity index (χ3v) is 3.60. The zero-order valence-corrected chi connectivity index (χ0v) is 11.1. The van der Waals surface area contributed by atoms with Gasteiger partial charge in [0, 0.05) is 0 Å². The van der Waals surface area contributed by atoms with Crippen LogP contribution in [0.15, 0.2) is 12.7 Å². The van der Waals surface area contributed by atoms with Crippen LogP contribution in [0.5, 0.6) is 0 Å². The maximum Gasteiger partial charge on any atom is 0.0838 e. The molecule has 1 rings (SSSR count). The third kappa shape index (κ3) is 6.85. The van der Waals surface area contributed by atoms with Crippen LogP contribution in [0.25, 0.3) is 0 Å². The Morgan fingerprint density at radius 3 is 2.06 bits per heavy atom. The number of aliphatic hydroxyl groups excluding tert-OH is 1. The molecule has 2 nitrogen and oxygen atoms in total. The number of aliphatic hydroxyl groups is 1. The van der Waals surface area contributed by atoms with Gasteiger partial charge in [-0.3, -0.25) is 0 Å². The van der Waals surface area contributed by atoms with Crippen LogP contribution in [-0.2, 0) is 4.74 Å². The highest BCUT2D eigenvalue weighted by atomic mass is 16.5. The van der Waals surface area contributed by atoms with Crippen molar-refractivity contribution in [3.05, 3.63) is 12.7 Å². The Balaban J connectivity index is 2.36. The van der Waals surface area contributed by atoms with E-state index in [-0.39, 0.29) is 12.2 Å². The zero-order valence-electron chi connectivity index (χ0n) is 11.1. The standard InChI is InChI=1S/C15H28O2/c1-2-13-17-15-12-10-8-6-4-3-5-7-9-11-14(15)16/h2,14-16H,1,3-13H2. The highest BCUT2D eigenvalue weighted by molar-refractivity contribution is 4.73. The lowest BCUT2D eigenvalue weighted by molar-refractivity contribution is -0.0361. The first-order chi connectivity index (χ1) is 8.34. The summed E-state index contributed by atoms with van der Waals surface area (Å²) in [5.41, 5.74) is 0. The number of rotatable bonds is 3. The van der Waals surface area contributed by atoms with Gasteiger partial charge >= 0.3 is 0 Å². The van der Waals surface area contributed by atoms with E-state index in [1.807, 2.05) is 0 Å². The molecule has 0 saturated heterocycles. The fourth-order valence-corrected chi connectivity index (χ4v) is 2.52. The summed E-state index contributed by atoms with van der Waals surface area (Å²) in [6.45, 7) is 4.22. The SMILES string of the molecule is C=CCOC1CCCCCCCCCCC1O. The van der Waals surface area contributed by atoms with E-state index in [2.05, 4.69) is 6.58 Å². The van der Waals surface area contributed by atoms with E-state index in [1.165, 1.54) is 44.9 Å². The summed E-state index contributed by atoms with van der Waals surface area (Å²) >= 11 is 0. The predicted octanol–water partition coefficient (Wildman–Crippen LogP) is 3.83. The second-order valence-corrected chi connectivity index (χ2v) is 5.13. The molecular formula is C15H28O2. The summed E-state index contributed by atoms with van der Waals surface area (Å²) in [6, 6.07) is 0. The normalized spacial score (nSPS) is 29.0. The monoisotopic (exact) mass is 240 g/mol. The van der Waals surface area contributed by atoms with E-state index >= 15 is 0 Å². The minimum atomic E-state index is -0.283. The summed E-state index contributed by atoms with van der Waals surface area (Å²) in [5.74, 6) is 0. The molecule has 0 radical (unpaired) electrons. The van der Waals surface area contributed by atoms with Crippen LogP contribution in [-0.4, -0.2) is 23.9 Å². The first-order valence-electron chi connectivity index (χ1n) is 7.25. The van der Waals surface area contributed by atoms with Gasteiger partial charge in [-0.25, -0.2) is 0 Å². The topological polar surface area (TPSA) is 29.5 Å². The Bertz CT molecular complexity index is 191. The molecule has 2 heteroatoms. The Labute approximate surface area is 106 Å². The van der Waals surface area contributed by atoms with Crippen LogP contribution >= 0.6 is 0 Å². The van der Waals surface area contributed by atoms with Crippen LogP contribution in [0.1, 0.15) is 64.2 Å². The minimum Gasteiger partial charge on any atom is -0.390 e. The summed E-state index contributed by atoms with van der Waals surface area (Å²) < 4.78 is 5.68. The molecule has 1 saturated carbocycles. The average Bonchev–Trinajstić information content (AvgIpc) is 2.33. The molecule has 1 aliphatic rings. The quantitative estimate of drug-likeness (QED) is 0.760. The Kier molecular flexibility index (Phi) is 8.37. The molecule has 1 aliphatic carbocycles. The van der Waals surface area contributed by atoms with Crippen LogP contribution in [0.4, 0.5) is 0 Å². The van der Waals surface area contributed by atoms with Gasteiger partial charge < -0.3 is 9.84 Å². The third-order valence-electron chi connectivity index (χ3n) is 3.60. The van der Waals surface area contributed by atoms with Crippen LogP contribution < -0.4 is 0 Å². The van der Waals surface area contributed by atoms with Gasteiger partial charge in [0.2, 0.25) is 0 Å². The summed E-state index contributed by atoms with van der Waals surface area (Å²) in [5, 5.41) is 10.1. The molecule has 0 amide bonds. The van der Waals surface area contributed by atoms with Gasteiger partial charge in [-0.2, -0.15) is 0 Å². The summed E-state index contributed by atoms with van der Waals surface area (Å²) in [7, 11) is 0. The van der Waals surface area contributed by atoms with Gasteiger partial charge in [-0.1, -0.05) is 57.4 Å². The van der Waals surface area contributed by atoms with Crippen molar-refractivity contribution >= 4 is 0 Å². The maximum atomic E-state index is 10.1. The Hall–Kier alpha value is -0.340. The molecule has 0 aromatic carbocycles. The fourth-order valence-electron chi connectivity index (χ4n) is 2.52. The van der Waals surface area contributed by atoms with E-state index in [1.54, 1.807) is 6.08 Å². The second kappa shape index (κ2) is 9.67. The molecule has 0 aromatic rings. The van der Waals surface area contributed by atoms with Crippen molar-refractivity contribution in [1.29, 1.82) is 0 Å². The highest BCUT2D eigenvalue weighted by Gasteiger charge is 2.19. The number of ether oxygens (including phenoxy) is 1. The van der Waals surface area contributed by atoms with Gasteiger partial charge in [0.05, 0.1) is 18.8 Å². The molecule has 17 heavy (non-hydrogen) atoms. The average molecular weight is 240 g/mol. The van der Waals surface area contributed by atoms with Crippen LogP contribution in [0.2, 0.25) is 0 Å². The Morgan fingerprint density at radius 1 is 0.941 bits per heavy atom. The number of hydrogen-bond acceptors (Lipinski definition) is 2. The predicted molar refractivity (Wildman–Crippen MR) is 72.1 cm³/mol. The molecular weight excluding hydrogens is 212 g/mol. The smallest absolute Gasteiger partial charge is 0.0838 e. The largest absolute Gasteiger partial charge is 0.390 e. The van der Waals surface area contributed by atoms with Crippen molar-refractivity contribution in [2.75, 3.05) is 6.61 Å². The van der Waals surface area contributed by atoms with E-state index < -0.39 is 0 Å². The first kappa shape index (κ1) is 14.7. The Morgan fingerprint density at radius 2 is 1.47 bits per heavy atom. The highest BCUT2D eigenvalue weighted by Crippen LogP contribution is 2.19. The molecule has 1 N–H and O–H groups in total. The molecule has 2 unspecified atom stereocenters. The summed E-state index contributed by atoms with van der Waals surface area (Å²) in [6.07, 6.45) is 13.6. The van der Waals surface area contributed by atoms with Crippen molar-refractivity contribution in [1.82, 2.24) is 0 Å². The first-order valence-corrected chi connectivity index (χ1v) is 7.25. The van der Waals surface area contributed by atoms with Crippen LogP contribution in [0.3, 0.4) is 0 Å². The van der Waals surface area contributed by atoms with Crippen LogP contribution in [0, 0.1) is 0 Å². The number of hydrogen-bond donors (Lipinski definition) is 1. The van der Waals surface area contributed by atoms with Gasteiger partial charge in [0.25, 0.3) is 0 Å². The van der Waals surface area contributed by atoms with E-state index in [0.29, 0.717) is 6.61 Å². The molecule has 1 fully saturated rings. The molecule has 100 valence electrons. The molecule has 0 bridgehead atoms. The lowest BCUT2D eigenvalue weighted by Gasteiger charge is -2.23. The zero-order chi connectivity index (χ0) is 12.3. The van der Waals surface area contributed by atoms with E-state index in [4.69, 9.17) is 4.74 Å². The van der Waals surface area contributed by atoms with Crippen molar-refractivity contribution in [3.63, 3.8) is 0 Å². The minimum absolute atomic E-state index is 0.0208. The van der Waals surface area contributed by atoms with E-state index in [9.17, 15) is 5.11 Å². The maximum absolute atomic E-state index is 10.1. The molecule has 0 aliphatic heterocycles. The van der Waals surface area contributed by atoms with Crippen molar-refractivity contribution < 1.29 is 9.84 Å². The van der Waals surface area contributed by atoms with Gasteiger partial charge in [-0.05, 0) is 12.8 Å². The summed E-state index contributed by atoms with van der Waals surface area (Å²) in [4.78, 5) is 0. The lowest BCUT2D eigenvalue weighted by atomic mass is 9.97. The molecule has 2 atom stereocenters. The molecule has 0 spiro atoms. The van der Waals surface area contributed by atoms with Crippen molar-refractivity contribution in [2.45, 2.75) is 76.4 Å². The lowest BCUT2D eigenvalue weighted by Crippen LogP contribution is -2.29. The molecule has 0 heterocycles. The fraction of sp³-hybridized carbons (Fsp3) is 0.867. The van der Waals surface area contributed by atoms with E-state index in [0.717, 1.165) is 19.3 Å². The van der Waals surface area contributed by atoms with Gasteiger partial charge in [-0.15, -0.1) is 6.58 Å². The van der Waals surface area contributed by atoms with Crippen molar-refractivity contribution in [3.8, 4) is 0 Å². The second-order valence-electron chi connectivity index (χ2n) is 5.13. The van der Waals surface area contributed by atoms with Gasteiger partial charge in [0.1, 0.15) is 0 Å². The van der Waals surface area contributed by atoms with Gasteiger partial charge in [0.15, 0.2) is 0 Å². The van der Waals surface area contributed by atoms with Crippen molar-refractivity contribution in [2.24, 2.45) is 0 Å². The molecule has 0 aromatic heterocycles.